The quantitative estimate of drug-likeness (QED) is 0.651. The first-order valence-corrected chi connectivity index (χ1v) is 7.99. The first-order chi connectivity index (χ1) is 12.2. The maximum atomic E-state index is 12.4. The normalized spacial score (nSPS) is 10.4. The highest BCUT2D eigenvalue weighted by Gasteiger charge is 2.11. The van der Waals surface area contributed by atoms with Crippen molar-refractivity contribution in [3.05, 3.63) is 83.9 Å². The van der Waals surface area contributed by atoms with E-state index in [0.29, 0.717) is 18.7 Å². The number of benzene rings is 2. The third-order valence-electron chi connectivity index (χ3n) is 3.78. The molecule has 0 aliphatic carbocycles. The van der Waals surface area contributed by atoms with Crippen LogP contribution in [0.4, 0.5) is 5.69 Å². The molecule has 3 aromatic rings. The Kier molecular flexibility index (Phi) is 5.43. The van der Waals surface area contributed by atoms with Crippen LogP contribution in [0.5, 0.6) is 0 Å². The molecule has 0 aliphatic heterocycles. The van der Waals surface area contributed by atoms with Gasteiger partial charge in [0.2, 0.25) is 0 Å². The van der Waals surface area contributed by atoms with E-state index in [1.807, 2.05) is 66.3 Å². The first kappa shape index (κ1) is 16.7. The number of carbonyl (C=O) groups excluding carboxylic acids is 1. The van der Waals surface area contributed by atoms with Gasteiger partial charge in [-0.05, 0) is 17.7 Å². The molecule has 2 N–H and O–H groups in total. The molecule has 6 heteroatoms. The summed E-state index contributed by atoms with van der Waals surface area (Å²) < 4.78 is 1.93. The highest BCUT2D eigenvalue weighted by atomic mass is 16.6. The van der Waals surface area contributed by atoms with E-state index in [-0.39, 0.29) is 5.91 Å². The van der Waals surface area contributed by atoms with Gasteiger partial charge in [-0.25, -0.2) is 10.5 Å². The second-order valence-electron chi connectivity index (χ2n) is 5.56. The number of aryl methyl sites for hydroxylation is 1. The molecule has 0 unspecified atom stereocenters. The highest BCUT2D eigenvalue weighted by Crippen LogP contribution is 2.16. The molecule has 0 spiro atoms. The molecule has 0 aliphatic rings. The summed E-state index contributed by atoms with van der Waals surface area (Å²) in [7, 11) is 1.93. The molecule has 2 aromatic carbocycles. The van der Waals surface area contributed by atoms with Gasteiger partial charge in [0.25, 0.3) is 5.91 Å². The predicted octanol–water partition coefficient (Wildman–Crippen LogP) is 2.89. The van der Waals surface area contributed by atoms with Crippen LogP contribution in [0.1, 0.15) is 21.7 Å². The second-order valence-corrected chi connectivity index (χ2v) is 5.56. The summed E-state index contributed by atoms with van der Waals surface area (Å²) in [6.45, 7) is 0.841. The van der Waals surface area contributed by atoms with Crippen LogP contribution >= 0.6 is 0 Å². The van der Waals surface area contributed by atoms with Crippen molar-refractivity contribution >= 4 is 11.6 Å². The fourth-order valence-corrected chi connectivity index (χ4v) is 2.39. The summed E-state index contributed by atoms with van der Waals surface area (Å²) >= 11 is 0. The highest BCUT2D eigenvalue weighted by molar-refractivity contribution is 5.98. The zero-order chi connectivity index (χ0) is 17.5. The van der Waals surface area contributed by atoms with E-state index in [1.165, 1.54) is 0 Å². The molecule has 128 valence electrons. The zero-order valence-corrected chi connectivity index (χ0v) is 14.0. The summed E-state index contributed by atoms with van der Waals surface area (Å²) in [6.07, 6.45) is 3.63. The van der Waals surface area contributed by atoms with Gasteiger partial charge in [0.1, 0.15) is 5.82 Å². The molecule has 0 radical (unpaired) electrons. The van der Waals surface area contributed by atoms with Crippen molar-refractivity contribution in [3.8, 4) is 0 Å². The van der Waals surface area contributed by atoms with Crippen molar-refractivity contribution in [2.75, 3.05) is 5.32 Å². The van der Waals surface area contributed by atoms with E-state index in [1.54, 1.807) is 12.3 Å². The van der Waals surface area contributed by atoms with Crippen LogP contribution in [-0.2, 0) is 25.0 Å². The third-order valence-corrected chi connectivity index (χ3v) is 3.78. The van der Waals surface area contributed by atoms with Gasteiger partial charge in [-0.3, -0.25) is 9.63 Å². The third kappa shape index (κ3) is 4.45. The second kappa shape index (κ2) is 8.12. The number of carbonyl (C=O) groups is 1. The molecule has 1 amide bonds. The Bertz CT molecular complexity index is 830. The van der Waals surface area contributed by atoms with Gasteiger partial charge >= 0.3 is 0 Å². The van der Waals surface area contributed by atoms with Gasteiger partial charge in [0.15, 0.2) is 0 Å². The molecular weight excluding hydrogens is 316 g/mol. The van der Waals surface area contributed by atoms with Crippen LogP contribution in [0.3, 0.4) is 0 Å². The lowest BCUT2D eigenvalue weighted by atomic mass is 10.1. The molecule has 3 rings (SSSR count). The Balaban J connectivity index is 1.59. The van der Waals surface area contributed by atoms with Crippen LogP contribution < -0.4 is 10.8 Å². The Morgan fingerprint density at radius 2 is 1.88 bits per heavy atom. The molecule has 25 heavy (non-hydrogen) atoms. The molecule has 0 saturated heterocycles. The van der Waals surface area contributed by atoms with Crippen LogP contribution in [0.25, 0.3) is 0 Å². The number of hydrogen-bond donors (Lipinski definition) is 2. The van der Waals surface area contributed by atoms with Crippen LogP contribution in [0.2, 0.25) is 0 Å². The van der Waals surface area contributed by atoms with E-state index < -0.39 is 0 Å². The number of para-hydroxylation sites is 1. The van der Waals surface area contributed by atoms with E-state index in [9.17, 15) is 4.79 Å². The first-order valence-electron chi connectivity index (χ1n) is 7.99. The van der Waals surface area contributed by atoms with Gasteiger partial charge in [0, 0.05) is 25.1 Å². The minimum absolute atomic E-state index is 0.293. The minimum atomic E-state index is -0.293. The van der Waals surface area contributed by atoms with E-state index in [0.717, 1.165) is 17.1 Å². The monoisotopic (exact) mass is 336 g/mol. The summed E-state index contributed by atoms with van der Waals surface area (Å²) in [5.74, 6) is 0.592. The van der Waals surface area contributed by atoms with Crippen molar-refractivity contribution in [1.29, 1.82) is 0 Å². The maximum Gasteiger partial charge on any atom is 0.276 e. The Hall–Kier alpha value is -3.12. The van der Waals surface area contributed by atoms with Crippen molar-refractivity contribution in [2.24, 2.45) is 7.05 Å². The fourth-order valence-electron chi connectivity index (χ4n) is 2.39. The lowest BCUT2D eigenvalue weighted by Crippen LogP contribution is -2.24. The SMILES string of the molecule is Cn1ccnc1CNc1ccccc1C(=O)NOCc1ccccc1. The number of nitrogens with zero attached hydrogens (tertiary/aromatic N) is 2. The maximum absolute atomic E-state index is 12.4. The standard InChI is InChI=1S/C19H20N4O2/c1-23-12-11-20-18(23)13-21-17-10-6-5-9-16(17)19(24)22-25-14-15-7-3-2-4-8-15/h2-12,21H,13-14H2,1H3,(H,22,24). The summed E-state index contributed by atoms with van der Waals surface area (Å²) in [5, 5.41) is 3.25. The van der Waals surface area contributed by atoms with Crippen molar-refractivity contribution in [2.45, 2.75) is 13.2 Å². The van der Waals surface area contributed by atoms with E-state index in [4.69, 9.17) is 4.84 Å². The van der Waals surface area contributed by atoms with Crippen LogP contribution in [0.15, 0.2) is 67.0 Å². The number of rotatable bonds is 7. The van der Waals surface area contributed by atoms with Gasteiger partial charge in [-0.15, -0.1) is 0 Å². The average Bonchev–Trinajstić information content (AvgIpc) is 3.06. The molecule has 1 aromatic heterocycles. The van der Waals surface area contributed by atoms with E-state index in [2.05, 4.69) is 15.8 Å². The van der Waals surface area contributed by atoms with Crippen molar-refractivity contribution in [3.63, 3.8) is 0 Å². The van der Waals surface area contributed by atoms with Gasteiger partial charge in [0.05, 0.1) is 18.7 Å². The molecule has 6 nitrogen and oxygen atoms in total. The lowest BCUT2D eigenvalue weighted by molar-refractivity contribution is 0.0234. The summed E-state index contributed by atoms with van der Waals surface area (Å²) in [6, 6.07) is 17.0. The van der Waals surface area contributed by atoms with Crippen LogP contribution in [-0.4, -0.2) is 15.5 Å². The minimum Gasteiger partial charge on any atom is -0.377 e. The van der Waals surface area contributed by atoms with Gasteiger partial charge in [-0.2, -0.15) is 0 Å². The van der Waals surface area contributed by atoms with Gasteiger partial charge < -0.3 is 9.88 Å². The molecule has 0 bridgehead atoms. The molecular formula is C19H20N4O2. The Morgan fingerprint density at radius 1 is 1.12 bits per heavy atom. The number of nitrogens with one attached hydrogen (secondary N) is 2. The predicted molar refractivity (Wildman–Crippen MR) is 95.7 cm³/mol. The smallest absolute Gasteiger partial charge is 0.276 e. The summed E-state index contributed by atoms with van der Waals surface area (Å²) in [5.41, 5.74) is 4.73. The van der Waals surface area contributed by atoms with Crippen molar-refractivity contribution in [1.82, 2.24) is 15.0 Å². The van der Waals surface area contributed by atoms with Crippen molar-refractivity contribution < 1.29 is 9.63 Å². The fraction of sp³-hybridized carbons (Fsp3) is 0.158. The molecule has 0 atom stereocenters. The molecule has 1 heterocycles. The number of aromatic nitrogens is 2. The Morgan fingerprint density at radius 3 is 2.64 bits per heavy atom. The number of anilines is 1. The number of hydrogen-bond acceptors (Lipinski definition) is 4. The molecule has 0 saturated carbocycles. The molecule has 0 fully saturated rings. The zero-order valence-electron chi connectivity index (χ0n) is 14.0. The largest absolute Gasteiger partial charge is 0.377 e. The topological polar surface area (TPSA) is 68.2 Å². The average molecular weight is 336 g/mol. The van der Waals surface area contributed by atoms with Crippen LogP contribution in [0, 0.1) is 0 Å². The number of hydroxylamine groups is 1. The number of amides is 1. The van der Waals surface area contributed by atoms with E-state index >= 15 is 0 Å². The lowest BCUT2D eigenvalue weighted by Gasteiger charge is -2.12. The Labute approximate surface area is 146 Å². The number of imidazole rings is 1. The summed E-state index contributed by atoms with van der Waals surface area (Å²) in [4.78, 5) is 22.0. The van der Waals surface area contributed by atoms with Gasteiger partial charge in [-0.1, -0.05) is 42.5 Å².